The molecule has 27 heavy (non-hydrogen) atoms. The highest BCUT2D eigenvalue weighted by molar-refractivity contribution is 7.07. The molecule has 0 radical (unpaired) electrons. The Balaban J connectivity index is 0.000000369. The third-order valence-corrected chi connectivity index (χ3v) is 14.0. The van der Waals surface area contributed by atoms with Crippen LogP contribution in [-0.4, -0.2) is 29.7 Å². The molecule has 0 spiro atoms. The van der Waals surface area contributed by atoms with E-state index in [0.29, 0.717) is 0 Å². The molecule has 2 unspecified atom stereocenters. The lowest BCUT2D eigenvalue weighted by atomic mass is 10.2. The molecule has 1 fully saturated rings. The molecule has 2 aromatic rings. The van der Waals surface area contributed by atoms with Crippen LogP contribution in [0.25, 0.3) is 0 Å². The van der Waals surface area contributed by atoms with Crippen LogP contribution in [0.1, 0.15) is 19.3 Å². The maximum absolute atomic E-state index is 5.07. The van der Waals surface area contributed by atoms with Crippen molar-refractivity contribution in [1.29, 1.82) is 0 Å². The zero-order chi connectivity index (χ0) is 19.6. The molecule has 2 nitrogen and oxygen atoms in total. The van der Waals surface area contributed by atoms with Gasteiger partial charge in [0.15, 0.2) is 16.5 Å². The molecule has 2 aromatic carbocycles. The Hall–Kier alpha value is -1.73. The molecule has 1 saturated heterocycles. The quantitative estimate of drug-likeness (QED) is 0.741. The van der Waals surface area contributed by atoms with Crippen molar-refractivity contribution in [2.45, 2.75) is 32.4 Å². The minimum atomic E-state index is -1.93. The van der Waals surface area contributed by atoms with Gasteiger partial charge in [-0.15, -0.1) is 13.2 Å². The number of hydrogen-bond acceptors (Lipinski definition) is 2. The maximum Gasteiger partial charge on any atom is 0.172 e. The molecular formula is C23H33NOSi2. The maximum atomic E-state index is 5.07. The van der Waals surface area contributed by atoms with Gasteiger partial charge in [-0.25, -0.2) is 0 Å². The SMILES string of the molecule is C1CCOCC1.C=C[Si](C)(N[Si](C)(C=C)c1ccccc1)c1ccccc1. The molecule has 0 amide bonds. The number of nitrogens with one attached hydrogen (secondary N) is 1. The molecule has 1 aliphatic heterocycles. The smallest absolute Gasteiger partial charge is 0.172 e. The zero-order valence-corrected chi connectivity index (χ0v) is 18.8. The van der Waals surface area contributed by atoms with E-state index in [9.17, 15) is 0 Å². The Morgan fingerprint density at radius 3 is 1.41 bits per heavy atom. The van der Waals surface area contributed by atoms with Crippen molar-refractivity contribution in [3.63, 3.8) is 0 Å². The number of rotatable bonds is 6. The second-order valence-corrected chi connectivity index (χ2v) is 15.1. The minimum absolute atomic E-state index is 1.00. The van der Waals surface area contributed by atoms with Crippen LogP contribution in [0.2, 0.25) is 13.1 Å². The fourth-order valence-corrected chi connectivity index (χ4v) is 11.8. The van der Waals surface area contributed by atoms with Crippen molar-refractivity contribution in [3.05, 3.63) is 85.2 Å². The summed E-state index contributed by atoms with van der Waals surface area (Å²) in [5.74, 6) is 0. The first-order valence-electron chi connectivity index (χ1n) is 9.79. The highest BCUT2D eigenvalue weighted by Gasteiger charge is 2.36. The van der Waals surface area contributed by atoms with E-state index in [2.05, 4.69) is 103 Å². The van der Waals surface area contributed by atoms with Crippen LogP contribution in [0.15, 0.2) is 85.2 Å². The molecule has 1 heterocycles. The fraction of sp³-hybridized carbons (Fsp3) is 0.304. The van der Waals surface area contributed by atoms with E-state index in [1.807, 2.05) is 0 Å². The van der Waals surface area contributed by atoms with Crippen LogP contribution >= 0.6 is 0 Å². The minimum Gasteiger partial charge on any atom is -0.381 e. The van der Waals surface area contributed by atoms with Gasteiger partial charge in [0, 0.05) is 13.2 Å². The van der Waals surface area contributed by atoms with Crippen molar-refractivity contribution in [1.82, 2.24) is 4.65 Å². The predicted molar refractivity (Wildman–Crippen MR) is 124 cm³/mol. The van der Waals surface area contributed by atoms with Gasteiger partial charge >= 0.3 is 0 Å². The Morgan fingerprint density at radius 1 is 0.741 bits per heavy atom. The first kappa shape index (κ1) is 21.6. The highest BCUT2D eigenvalue weighted by Crippen LogP contribution is 2.09. The summed E-state index contributed by atoms with van der Waals surface area (Å²) in [7, 11) is -3.87. The normalized spacial score (nSPS) is 18.1. The van der Waals surface area contributed by atoms with Gasteiger partial charge in [0.05, 0.1) is 0 Å². The average Bonchev–Trinajstić information content (AvgIpc) is 2.76. The lowest BCUT2D eigenvalue weighted by Gasteiger charge is -2.36. The third kappa shape index (κ3) is 6.14. The van der Waals surface area contributed by atoms with E-state index in [0.717, 1.165) is 13.2 Å². The van der Waals surface area contributed by atoms with Crippen molar-refractivity contribution < 1.29 is 4.74 Å². The zero-order valence-electron chi connectivity index (χ0n) is 16.8. The first-order chi connectivity index (χ1) is 13.0. The molecule has 1 N–H and O–H groups in total. The second-order valence-electron chi connectivity index (χ2n) is 7.34. The van der Waals surface area contributed by atoms with Crippen molar-refractivity contribution in [3.8, 4) is 0 Å². The summed E-state index contributed by atoms with van der Waals surface area (Å²) in [5.41, 5.74) is 4.25. The van der Waals surface area contributed by atoms with E-state index < -0.39 is 16.5 Å². The Bertz CT molecular complexity index is 636. The van der Waals surface area contributed by atoms with E-state index in [1.165, 1.54) is 29.6 Å². The van der Waals surface area contributed by atoms with Crippen LogP contribution in [0, 0.1) is 0 Å². The van der Waals surface area contributed by atoms with Gasteiger partial charge in [0.25, 0.3) is 0 Å². The summed E-state index contributed by atoms with van der Waals surface area (Å²) in [6.45, 7) is 14.8. The van der Waals surface area contributed by atoms with E-state index >= 15 is 0 Å². The molecule has 0 bridgehead atoms. The van der Waals surface area contributed by atoms with Gasteiger partial charge in [-0.1, -0.05) is 72.1 Å². The highest BCUT2D eigenvalue weighted by atomic mass is 28.4. The molecule has 144 valence electrons. The van der Waals surface area contributed by atoms with E-state index in [1.54, 1.807) is 0 Å². The number of hydrogen-bond donors (Lipinski definition) is 1. The lowest BCUT2D eigenvalue weighted by molar-refractivity contribution is 0.0968. The summed E-state index contributed by atoms with van der Waals surface area (Å²) in [6, 6.07) is 21.3. The van der Waals surface area contributed by atoms with Crippen LogP contribution < -0.4 is 15.0 Å². The monoisotopic (exact) mass is 395 g/mol. The second kappa shape index (κ2) is 10.6. The summed E-state index contributed by atoms with van der Waals surface area (Å²) < 4.78 is 9.05. The van der Waals surface area contributed by atoms with Gasteiger partial charge in [0.1, 0.15) is 0 Å². The van der Waals surface area contributed by atoms with E-state index in [-0.39, 0.29) is 0 Å². The number of ether oxygens (including phenoxy) is 1. The van der Waals surface area contributed by atoms with Crippen LogP contribution in [-0.2, 0) is 4.74 Å². The van der Waals surface area contributed by atoms with Crippen molar-refractivity contribution in [2.75, 3.05) is 13.2 Å². The van der Waals surface area contributed by atoms with Gasteiger partial charge in [-0.3, -0.25) is 0 Å². The lowest BCUT2D eigenvalue weighted by Crippen LogP contribution is -2.70. The Labute approximate surface area is 167 Å². The largest absolute Gasteiger partial charge is 0.381 e. The predicted octanol–water partition coefficient (Wildman–Crippen LogP) is 4.18. The topological polar surface area (TPSA) is 21.3 Å². The van der Waals surface area contributed by atoms with Crippen LogP contribution in [0.5, 0.6) is 0 Å². The van der Waals surface area contributed by atoms with Gasteiger partial charge in [0.2, 0.25) is 0 Å². The van der Waals surface area contributed by atoms with Crippen LogP contribution in [0.4, 0.5) is 0 Å². The number of benzene rings is 2. The molecule has 4 heteroatoms. The van der Waals surface area contributed by atoms with Crippen LogP contribution in [0.3, 0.4) is 0 Å². The molecule has 0 aromatic heterocycles. The van der Waals surface area contributed by atoms with Gasteiger partial charge < -0.3 is 9.38 Å². The van der Waals surface area contributed by atoms with E-state index in [4.69, 9.17) is 4.74 Å². The average molecular weight is 396 g/mol. The molecular weight excluding hydrogens is 362 g/mol. The third-order valence-electron chi connectivity index (χ3n) is 5.16. The van der Waals surface area contributed by atoms with Gasteiger partial charge in [-0.2, -0.15) is 0 Å². The molecule has 2 atom stereocenters. The standard InChI is InChI=1S/C18H23NSi2.C5H10O/c1-5-20(3,17-13-9-7-10-14-17)19-21(4,6-2)18-15-11-8-12-16-18;1-2-4-6-5-3-1/h5-16,19H,1-2H2,3-4H3;1-5H2. The van der Waals surface area contributed by atoms with Crippen molar-refractivity contribution in [2.24, 2.45) is 0 Å². The Kier molecular flexibility index (Phi) is 8.44. The molecule has 0 saturated carbocycles. The van der Waals surface area contributed by atoms with Crippen molar-refractivity contribution >= 4 is 26.8 Å². The fourth-order valence-electron chi connectivity index (χ4n) is 3.28. The first-order valence-corrected chi connectivity index (χ1v) is 14.9. The summed E-state index contributed by atoms with van der Waals surface area (Å²) in [4.78, 5) is 0. The molecule has 1 aliphatic rings. The molecule has 0 aliphatic carbocycles. The Morgan fingerprint density at radius 2 is 1.15 bits per heavy atom. The summed E-state index contributed by atoms with van der Waals surface area (Å²) in [6.07, 6.45) is 3.93. The summed E-state index contributed by atoms with van der Waals surface area (Å²) in [5, 5.41) is 2.72. The molecule has 3 rings (SSSR count). The summed E-state index contributed by atoms with van der Waals surface area (Å²) >= 11 is 0. The van der Waals surface area contributed by atoms with Gasteiger partial charge in [-0.05, 0) is 42.7 Å².